The van der Waals surface area contributed by atoms with Crippen LogP contribution in [0.15, 0.2) is 57.9 Å². The summed E-state index contributed by atoms with van der Waals surface area (Å²) >= 11 is 3.34. The summed E-state index contributed by atoms with van der Waals surface area (Å²) in [4.78, 5) is 12.9. The van der Waals surface area contributed by atoms with E-state index in [0.29, 0.717) is 32.7 Å². The summed E-state index contributed by atoms with van der Waals surface area (Å²) in [6, 6.07) is 13.8. The van der Waals surface area contributed by atoms with Crippen LogP contribution in [0, 0.1) is 0 Å². The number of hydrogen-bond acceptors (Lipinski definition) is 4. The molecule has 0 radical (unpaired) electrons. The van der Waals surface area contributed by atoms with Crippen molar-refractivity contribution in [2.24, 2.45) is 0 Å². The molecule has 30 heavy (non-hydrogen) atoms. The summed E-state index contributed by atoms with van der Waals surface area (Å²) in [7, 11) is -3.74. The number of fused-ring (bicyclic) bond motifs is 1. The van der Waals surface area contributed by atoms with Crippen molar-refractivity contribution in [1.82, 2.24) is 9.62 Å². The van der Waals surface area contributed by atoms with E-state index in [4.69, 9.17) is 4.74 Å². The topological polar surface area (TPSA) is 75.7 Å². The predicted molar refractivity (Wildman–Crippen MR) is 120 cm³/mol. The highest BCUT2D eigenvalue weighted by molar-refractivity contribution is 9.10. The Morgan fingerprint density at radius 3 is 2.67 bits per heavy atom. The van der Waals surface area contributed by atoms with Crippen molar-refractivity contribution in [3.63, 3.8) is 0 Å². The second-order valence-electron chi connectivity index (χ2n) is 7.14. The highest BCUT2D eigenvalue weighted by atomic mass is 79.9. The van der Waals surface area contributed by atoms with Crippen molar-refractivity contribution in [2.45, 2.75) is 37.1 Å². The van der Waals surface area contributed by atoms with Crippen LogP contribution in [0.2, 0.25) is 0 Å². The van der Waals surface area contributed by atoms with Gasteiger partial charge in [-0.1, -0.05) is 40.2 Å². The second-order valence-corrected chi connectivity index (χ2v) is 9.95. The Labute approximate surface area is 186 Å². The molecule has 0 saturated carbocycles. The van der Waals surface area contributed by atoms with E-state index in [-0.39, 0.29) is 17.2 Å². The fraction of sp³-hybridized carbons (Fsp3) is 0.409. The van der Waals surface area contributed by atoms with Gasteiger partial charge >= 0.3 is 0 Å². The predicted octanol–water partition coefficient (Wildman–Crippen LogP) is 3.67. The lowest BCUT2D eigenvalue weighted by Crippen LogP contribution is -2.42. The van der Waals surface area contributed by atoms with E-state index in [1.165, 1.54) is 4.31 Å². The van der Waals surface area contributed by atoms with E-state index in [1.54, 1.807) is 24.3 Å². The summed E-state index contributed by atoms with van der Waals surface area (Å²) in [5, 5.41) is 2.89. The molecule has 2 aromatic rings. The van der Waals surface area contributed by atoms with Crippen molar-refractivity contribution < 1.29 is 17.9 Å². The molecule has 1 atom stereocenters. The van der Waals surface area contributed by atoms with E-state index in [0.717, 1.165) is 22.0 Å². The number of nitrogens with one attached hydrogen (secondary N) is 1. The molecule has 1 heterocycles. The number of nitrogens with zero attached hydrogens (tertiary/aromatic N) is 1. The summed E-state index contributed by atoms with van der Waals surface area (Å²) < 4.78 is 34.4. The molecule has 1 aliphatic rings. The standard InChI is InChI=1S/C22H27BrN2O4S/c1-2-29-15-5-13-24-22(26)16-21-20-7-4-3-6-17(20)12-14-25(21)30(27,28)19-10-8-18(23)9-11-19/h3-4,6-11,21H,2,5,12-16H2,1H3,(H,24,26)/t21-/m0/s1. The minimum atomic E-state index is -3.74. The number of carbonyl (C=O) groups excluding carboxylic acids is 1. The number of amides is 1. The molecule has 0 aliphatic carbocycles. The minimum Gasteiger partial charge on any atom is -0.382 e. The molecule has 0 saturated heterocycles. The van der Waals surface area contributed by atoms with Crippen LogP contribution in [-0.2, 0) is 26.0 Å². The first-order valence-electron chi connectivity index (χ1n) is 10.1. The smallest absolute Gasteiger partial charge is 0.243 e. The molecule has 0 aromatic heterocycles. The highest BCUT2D eigenvalue weighted by Crippen LogP contribution is 2.36. The first kappa shape index (κ1) is 22.9. The van der Waals surface area contributed by atoms with Gasteiger partial charge in [0.05, 0.1) is 10.9 Å². The van der Waals surface area contributed by atoms with Gasteiger partial charge in [-0.3, -0.25) is 4.79 Å². The van der Waals surface area contributed by atoms with Gasteiger partial charge in [0.15, 0.2) is 0 Å². The second kappa shape index (κ2) is 10.5. The van der Waals surface area contributed by atoms with E-state index in [9.17, 15) is 13.2 Å². The van der Waals surface area contributed by atoms with Gasteiger partial charge in [0.25, 0.3) is 0 Å². The third-order valence-corrected chi connectivity index (χ3v) is 7.61. The van der Waals surface area contributed by atoms with E-state index >= 15 is 0 Å². The van der Waals surface area contributed by atoms with Gasteiger partial charge in [0, 0.05) is 37.2 Å². The number of halogens is 1. The number of carbonyl (C=O) groups is 1. The van der Waals surface area contributed by atoms with Gasteiger partial charge in [-0.05, 0) is 55.2 Å². The van der Waals surface area contributed by atoms with Crippen LogP contribution >= 0.6 is 15.9 Å². The van der Waals surface area contributed by atoms with Gasteiger partial charge in [0.2, 0.25) is 15.9 Å². The van der Waals surface area contributed by atoms with Gasteiger partial charge in [0.1, 0.15) is 0 Å². The van der Waals surface area contributed by atoms with Gasteiger partial charge < -0.3 is 10.1 Å². The SMILES string of the molecule is CCOCCCNC(=O)C[C@H]1c2ccccc2CCN1S(=O)(=O)c1ccc(Br)cc1. The fourth-order valence-corrected chi connectivity index (χ4v) is 5.53. The molecule has 1 aliphatic heterocycles. The minimum absolute atomic E-state index is 0.0847. The lowest BCUT2D eigenvalue weighted by molar-refractivity contribution is -0.122. The largest absolute Gasteiger partial charge is 0.382 e. The molecule has 162 valence electrons. The summed E-state index contributed by atoms with van der Waals surface area (Å²) in [5.41, 5.74) is 1.99. The van der Waals surface area contributed by atoms with Gasteiger partial charge in [-0.15, -0.1) is 0 Å². The average Bonchev–Trinajstić information content (AvgIpc) is 2.74. The third kappa shape index (κ3) is 5.49. The molecule has 0 fully saturated rings. The quantitative estimate of drug-likeness (QED) is 0.539. The molecule has 3 rings (SSSR count). The maximum atomic E-state index is 13.4. The number of ether oxygens (including phenoxy) is 1. The molecule has 1 N–H and O–H groups in total. The summed E-state index contributed by atoms with van der Waals surface area (Å²) in [6.07, 6.45) is 1.43. The lowest BCUT2D eigenvalue weighted by Gasteiger charge is -2.36. The molecule has 6 nitrogen and oxygen atoms in total. The molecule has 0 spiro atoms. The van der Waals surface area contributed by atoms with Gasteiger partial charge in [-0.25, -0.2) is 8.42 Å². The van der Waals surface area contributed by atoms with Gasteiger partial charge in [-0.2, -0.15) is 4.31 Å². The maximum absolute atomic E-state index is 13.4. The molecule has 2 aromatic carbocycles. The zero-order chi connectivity index (χ0) is 21.6. The van der Waals surface area contributed by atoms with E-state index < -0.39 is 16.1 Å². The summed E-state index contributed by atoms with van der Waals surface area (Å²) in [5.74, 6) is -0.163. The third-order valence-electron chi connectivity index (χ3n) is 5.15. The Morgan fingerprint density at radius 2 is 1.93 bits per heavy atom. The normalized spacial score (nSPS) is 16.8. The zero-order valence-corrected chi connectivity index (χ0v) is 19.4. The Kier molecular flexibility index (Phi) is 8.05. The maximum Gasteiger partial charge on any atom is 0.243 e. The van der Waals surface area contributed by atoms with Crippen molar-refractivity contribution >= 4 is 31.9 Å². The lowest BCUT2D eigenvalue weighted by atomic mass is 9.92. The van der Waals surface area contributed by atoms with Crippen molar-refractivity contribution in [1.29, 1.82) is 0 Å². The van der Waals surface area contributed by atoms with Crippen LogP contribution < -0.4 is 5.32 Å². The Morgan fingerprint density at radius 1 is 1.20 bits per heavy atom. The molecule has 8 heteroatoms. The number of hydrogen-bond donors (Lipinski definition) is 1. The van der Waals surface area contributed by atoms with E-state index in [2.05, 4.69) is 21.2 Å². The first-order valence-corrected chi connectivity index (χ1v) is 12.4. The molecule has 0 bridgehead atoms. The molecule has 0 unspecified atom stereocenters. The van der Waals surface area contributed by atoms with Crippen LogP contribution in [0.5, 0.6) is 0 Å². The Hall–Kier alpha value is -1.74. The van der Waals surface area contributed by atoms with Crippen molar-refractivity contribution in [3.05, 3.63) is 64.1 Å². The average molecular weight is 495 g/mol. The monoisotopic (exact) mass is 494 g/mol. The number of sulfonamides is 1. The van der Waals surface area contributed by atoms with Crippen LogP contribution in [-0.4, -0.2) is 44.9 Å². The Bertz CT molecular complexity index is 963. The van der Waals surface area contributed by atoms with E-state index in [1.807, 2.05) is 31.2 Å². The highest BCUT2D eigenvalue weighted by Gasteiger charge is 2.37. The van der Waals surface area contributed by atoms with Crippen LogP contribution in [0.1, 0.15) is 36.9 Å². The van der Waals surface area contributed by atoms with Crippen LogP contribution in [0.4, 0.5) is 0 Å². The molecular weight excluding hydrogens is 468 g/mol. The number of benzene rings is 2. The summed E-state index contributed by atoms with van der Waals surface area (Å²) in [6.45, 7) is 4.02. The fourth-order valence-electron chi connectivity index (χ4n) is 3.66. The van der Waals surface area contributed by atoms with Crippen LogP contribution in [0.25, 0.3) is 0 Å². The van der Waals surface area contributed by atoms with Crippen LogP contribution in [0.3, 0.4) is 0 Å². The zero-order valence-electron chi connectivity index (χ0n) is 17.0. The first-order chi connectivity index (χ1) is 14.4. The number of rotatable bonds is 9. The Balaban J connectivity index is 1.81. The van der Waals surface area contributed by atoms with Crippen molar-refractivity contribution in [3.8, 4) is 0 Å². The van der Waals surface area contributed by atoms with Crippen molar-refractivity contribution in [2.75, 3.05) is 26.3 Å². The molecular formula is C22H27BrN2O4S. The molecule has 1 amide bonds.